The van der Waals surface area contributed by atoms with Crippen LogP contribution in [0, 0.1) is 11.8 Å². The van der Waals surface area contributed by atoms with Crippen molar-refractivity contribution in [1.82, 2.24) is 5.32 Å². The second-order valence-corrected chi connectivity index (χ2v) is 5.78. The fourth-order valence-corrected chi connectivity index (χ4v) is 2.61. The summed E-state index contributed by atoms with van der Waals surface area (Å²) in [6.45, 7) is 3.60. The van der Waals surface area contributed by atoms with Gasteiger partial charge in [-0.1, -0.05) is 13.8 Å². The minimum atomic E-state index is -0.952. The van der Waals surface area contributed by atoms with Gasteiger partial charge in [-0.3, -0.25) is 9.59 Å². The van der Waals surface area contributed by atoms with Crippen LogP contribution in [0.3, 0.4) is 0 Å². The number of halogens is 1. The number of carboxylic acid groups (broad SMARTS) is 1. The first-order valence-corrected chi connectivity index (χ1v) is 6.82. The zero-order valence-electron chi connectivity index (χ0n) is 9.57. The summed E-state index contributed by atoms with van der Waals surface area (Å²) in [6.07, 6.45) is 0. The number of carbonyl (C=O) groups excluding carboxylic acids is 1. The van der Waals surface area contributed by atoms with Gasteiger partial charge in [0.2, 0.25) is 5.91 Å². The number of nitrogens with one attached hydrogen (secondary N) is 1. The van der Waals surface area contributed by atoms with E-state index in [9.17, 15) is 9.59 Å². The van der Waals surface area contributed by atoms with E-state index in [1.807, 2.05) is 11.4 Å². The molecule has 0 fully saturated rings. The Bertz CT molecular complexity index is 419. The van der Waals surface area contributed by atoms with Gasteiger partial charge in [-0.15, -0.1) is 11.3 Å². The molecular formula is C11H14BrNO3S. The number of rotatable bonds is 5. The summed E-state index contributed by atoms with van der Waals surface area (Å²) in [4.78, 5) is 23.5. The number of aliphatic carboxylic acids is 1. The van der Waals surface area contributed by atoms with E-state index in [4.69, 9.17) is 5.11 Å². The highest BCUT2D eigenvalue weighted by atomic mass is 79.9. The molecule has 0 radical (unpaired) electrons. The van der Waals surface area contributed by atoms with Crippen LogP contribution in [0.2, 0.25) is 0 Å². The lowest BCUT2D eigenvalue weighted by molar-refractivity contribution is -0.146. The highest BCUT2D eigenvalue weighted by Crippen LogP contribution is 2.19. The van der Waals surface area contributed by atoms with Gasteiger partial charge >= 0.3 is 5.97 Å². The van der Waals surface area contributed by atoms with Crippen LogP contribution in [-0.4, -0.2) is 17.0 Å². The average Bonchev–Trinajstić information content (AvgIpc) is 2.69. The number of thiophene rings is 1. The second kappa shape index (κ2) is 6.16. The smallest absolute Gasteiger partial charge is 0.307 e. The van der Waals surface area contributed by atoms with Crippen LogP contribution in [0.25, 0.3) is 0 Å². The maximum Gasteiger partial charge on any atom is 0.307 e. The third-order valence-electron chi connectivity index (χ3n) is 2.61. The molecule has 4 nitrogen and oxygen atoms in total. The van der Waals surface area contributed by atoms with Crippen LogP contribution in [0.4, 0.5) is 0 Å². The van der Waals surface area contributed by atoms with Crippen molar-refractivity contribution in [2.24, 2.45) is 11.8 Å². The van der Waals surface area contributed by atoms with Gasteiger partial charge in [0.05, 0.1) is 12.5 Å². The molecule has 2 atom stereocenters. The van der Waals surface area contributed by atoms with Crippen molar-refractivity contribution in [2.75, 3.05) is 0 Å². The fraction of sp³-hybridized carbons (Fsp3) is 0.455. The Kier molecular flexibility index (Phi) is 5.14. The van der Waals surface area contributed by atoms with Gasteiger partial charge < -0.3 is 10.4 Å². The Hall–Kier alpha value is -0.880. The van der Waals surface area contributed by atoms with Crippen LogP contribution in [0.15, 0.2) is 15.9 Å². The van der Waals surface area contributed by atoms with Crippen molar-refractivity contribution in [1.29, 1.82) is 0 Å². The molecule has 1 aromatic heterocycles. The Morgan fingerprint density at radius 2 is 2.12 bits per heavy atom. The summed E-state index contributed by atoms with van der Waals surface area (Å²) >= 11 is 4.87. The largest absolute Gasteiger partial charge is 0.481 e. The molecule has 17 heavy (non-hydrogen) atoms. The molecule has 1 aromatic rings. The van der Waals surface area contributed by atoms with Crippen LogP contribution in [-0.2, 0) is 16.1 Å². The Morgan fingerprint density at radius 3 is 2.59 bits per heavy atom. The summed E-state index contributed by atoms with van der Waals surface area (Å²) in [6, 6.07) is 1.93. The molecule has 1 heterocycles. The van der Waals surface area contributed by atoms with Gasteiger partial charge in [0.15, 0.2) is 0 Å². The molecule has 2 unspecified atom stereocenters. The number of hydrogen-bond donors (Lipinski definition) is 2. The Morgan fingerprint density at radius 1 is 1.47 bits per heavy atom. The SMILES string of the molecule is CC(C(=O)O)C(C)C(=O)NCc1cc(Br)cs1. The standard InChI is InChI=1S/C11H14BrNO3S/c1-6(7(2)11(15)16)10(14)13-4-9-3-8(12)5-17-9/h3,5-7H,4H2,1-2H3,(H,13,14)(H,15,16). The maximum absolute atomic E-state index is 11.7. The first kappa shape index (κ1) is 14.2. The van der Waals surface area contributed by atoms with Crippen molar-refractivity contribution in [3.8, 4) is 0 Å². The normalized spacial score (nSPS) is 14.1. The van der Waals surface area contributed by atoms with E-state index in [0.717, 1.165) is 9.35 Å². The third kappa shape index (κ3) is 4.12. The first-order chi connectivity index (χ1) is 7.91. The summed E-state index contributed by atoms with van der Waals surface area (Å²) in [5.41, 5.74) is 0. The molecule has 1 amide bonds. The van der Waals surface area contributed by atoms with Gasteiger partial charge in [0.1, 0.15) is 0 Å². The zero-order valence-corrected chi connectivity index (χ0v) is 12.0. The first-order valence-electron chi connectivity index (χ1n) is 5.15. The van der Waals surface area contributed by atoms with Crippen molar-refractivity contribution >= 4 is 39.1 Å². The molecule has 0 saturated heterocycles. The summed E-state index contributed by atoms with van der Waals surface area (Å²) < 4.78 is 0.985. The topological polar surface area (TPSA) is 66.4 Å². The van der Waals surface area contributed by atoms with Crippen molar-refractivity contribution in [3.05, 3.63) is 20.8 Å². The van der Waals surface area contributed by atoms with E-state index in [1.54, 1.807) is 18.3 Å². The zero-order chi connectivity index (χ0) is 13.0. The lowest BCUT2D eigenvalue weighted by atomic mass is 9.95. The Labute approximate surface area is 112 Å². The van der Waals surface area contributed by atoms with Crippen LogP contribution in [0.5, 0.6) is 0 Å². The number of hydrogen-bond acceptors (Lipinski definition) is 3. The maximum atomic E-state index is 11.7. The summed E-state index contributed by atoms with van der Waals surface area (Å²) in [5, 5.41) is 13.5. The highest BCUT2D eigenvalue weighted by Gasteiger charge is 2.25. The van der Waals surface area contributed by atoms with Gasteiger partial charge in [-0.2, -0.15) is 0 Å². The number of carboxylic acids is 1. The quantitative estimate of drug-likeness (QED) is 0.876. The van der Waals surface area contributed by atoms with Crippen LogP contribution >= 0.6 is 27.3 Å². The van der Waals surface area contributed by atoms with E-state index in [2.05, 4.69) is 21.2 Å². The van der Waals surface area contributed by atoms with Gasteiger partial charge in [0, 0.05) is 20.6 Å². The molecule has 0 aliphatic carbocycles. The highest BCUT2D eigenvalue weighted by molar-refractivity contribution is 9.10. The number of carbonyl (C=O) groups is 2. The lowest BCUT2D eigenvalue weighted by Crippen LogP contribution is -2.34. The van der Waals surface area contributed by atoms with Crippen LogP contribution < -0.4 is 5.32 Å². The van der Waals surface area contributed by atoms with Gasteiger partial charge in [-0.05, 0) is 22.0 Å². The fourth-order valence-electron chi connectivity index (χ4n) is 1.22. The predicted molar refractivity (Wildman–Crippen MR) is 69.8 cm³/mol. The van der Waals surface area contributed by atoms with Crippen molar-refractivity contribution in [3.63, 3.8) is 0 Å². The monoisotopic (exact) mass is 319 g/mol. The molecule has 0 spiro atoms. The molecule has 6 heteroatoms. The van der Waals surface area contributed by atoms with Crippen LogP contribution in [0.1, 0.15) is 18.7 Å². The predicted octanol–water partition coefficient (Wildman–Crippen LogP) is 2.48. The van der Waals surface area contributed by atoms with E-state index in [0.29, 0.717) is 6.54 Å². The third-order valence-corrected chi connectivity index (χ3v) is 4.31. The summed E-state index contributed by atoms with van der Waals surface area (Å²) in [7, 11) is 0. The lowest BCUT2D eigenvalue weighted by Gasteiger charge is -2.15. The van der Waals surface area contributed by atoms with Gasteiger partial charge in [-0.25, -0.2) is 0 Å². The van der Waals surface area contributed by atoms with Gasteiger partial charge in [0.25, 0.3) is 0 Å². The molecule has 1 rings (SSSR count). The molecule has 0 aliphatic heterocycles. The molecular weight excluding hydrogens is 306 g/mol. The molecule has 0 saturated carbocycles. The Balaban J connectivity index is 2.47. The molecule has 0 aromatic carbocycles. The average molecular weight is 320 g/mol. The van der Waals surface area contributed by atoms with E-state index >= 15 is 0 Å². The van der Waals surface area contributed by atoms with E-state index < -0.39 is 17.8 Å². The van der Waals surface area contributed by atoms with E-state index in [1.165, 1.54) is 6.92 Å². The second-order valence-electron chi connectivity index (χ2n) is 3.86. The van der Waals surface area contributed by atoms with Crippen molar-refractivity contribution in [2.45, 2.75) is 20.4 Å². The number of amides is 1. The minimum Gasteiger partial charge on any atom is -0.481 e. The van der Waals surface area contributed by atoms with Crippen molar-refractivity contribution < 1.29 is 14.7 Å². The molecule has 2 N–H and O–H groups in total. The molecule has 0 bridgehead atoms. The minimum absolute atomic E-state index is 0.232. The molecule has 0 aliphatic rings. The van der Waals surface area contributed by atoms with E-state index in [-0.39, 0.29) is 5.91 Å². The summed E-state index contributed by atoms with van der Waals surface area (Å²) in [5.74, 6) is -2.39. The molecule has 94 valence electrons.